The van der Waals surface area contributed by atoms with Gasteiger partial charge in [0.2, 0.25) is 0 Å². The van der Waals surface area contributed by atoms with Gasteiger partial charge in [0.1, 0.15) is 6.20 Å². The highest BCUT2D eigenvalue weighted by Crippen LogP contribution is 1.92. The van der Waals surface area contributed by atoms with Gasteiger partial charge in [0.05, 0.1) is 0 Å². The molecule has 31 valence electrons. The number of rotatable bonds is 0. The van der Waals surface area contributed by atoms with Crippen LogP contribution in [-0.2, 0) is 5.11 Å². The first-order valence-electron chi connectivity index (χ1n) is 1.42. The highest BCUT2D eigenvalue weighted by molar-refractivity contribution is 4.92. The van der Waals surface area contributed by atoms with Gasteiger partial charge in [-0.3, -0.25) is 5.11 Å². The predicted molar refractivity (Wildman–Crippen MR) is 16.5 cm³/mol. The Kier molecular flexibility index (Phi) is 0.506. The minimum absolute atomic E-state index is 0.255. The lowest BCUT2D eigenvalue weighted by Gasteiger charge is -1.58. The Hall–Kier alpha value is -1.06. The summed E-state index contributed by atoms with van der Waals surface area (Å²) in [6, 6.07) is 0. The van der Waals surface area contributed by atoms with Crippen molar-refractivity contribution in [1.82, 2.24) is 15.4 Å². The molecule has 0 aliphatic rings. The van der Waals surface area contributed by atoms with Gasteiger partial charge in [-0.15, -0.1) is 5.10 Å². The van der Waals surface area contributed by atoms with Gasteiger partial charge in [0.15, 0.2) is 0 Å². The van der Waals surface area contributed by atoms with Gasteiger partial charge in [-0.25, -0.2) is 5.10 Å². The Balaban J connectivity index is 3.05. The highest BCUT2D eigenvalue weighted by Gasteiger charge is 1.83. The molecule has 1 rings (SSSR count). The lowest BCUT2D eigenvalue weighted by molar-refractivity contribution is 0.336. The average molecular weight is 84.1 g/mol. The van der Waals surface area contributed by atoms with Gasteiger partial charge >= 0.3 is 0 Å². The van der Waals surface area contributed by atoms with Crippen LogP contribution in [0.2, 0.25) is 0 Å². The second kappa shape index (κ2) is 0.965. The fraction of sp³-hybridized carbons (Fsp3) is 0. The topological polar surface area (TPSA) is 61.5 Å². The molecular weight excluding hydrogens is 82.0 g/mol. The van der Waals surface area contributed by atoms with Crippen LogP contribution in [0.15, 0.2) is 6.20 Å². The zero-order chi connectivity index (χ0) is 4.41. The van der Waals surface area contributed by atoms with Crippen molar-refractivity contribution in [2.45, 2.75) is 0 Å². The summed E-state index contributed by atoms with van der Waals surface area (Å²) in [5, 5.41) is 18.3. The van der Waals surface area contributed by atoms with Gasteiger partial charge < -0.3 is 0 Å². The number of aromatic amines is 1. The molecule has 1 heterocycles. The van der Waals surface area contributed by atoms with Gasteiger partial charge in [-0.2, -0.15) is 0 Å². The van der Waals surface area contributed by atoms with E-state index in [0.29, 0.717) is 0 Å². The number of aromatic nitrogens is 3. The molecule has 0 atom stereocenters. The summed E-state index contributed by atoms with van der Waals surface area (Å²) < 4.78 is 0. The molecule has 0 unspecified atom stereocenters. The summed E-state index contributed by atoms with van der Waals surface area (Å²) in [6.45, 7) is 0. The summed E-state index contributed by atoms with van der Waals surface area (Å²) in [6.07, 6.45) is 1.11. The third kappa shape index (κ3) is 0.314. The predicted octanol–water partition coefficient (Wildman–Crippen LogP) is -0.0515. The molecule has 1 N–H and O–H groups in total. The van der Waals surface area contributed by atoms with Crippen molar-refractivity contribution in [3.8, 4) is 5.88 Å². The molecule has 4 nitrogen and oxygen atoms in total. The van der Waals surface area contributed by atoms with E-state index in [-0.39, 0.29) is 5.88 Å². The third-order valence-corrected chi connectivity index (χ3v) is 0.393. The van der Waals surface area contributed by atoms with Crippen LogP contribution in [0.25, 0.3) is 0 Å². The molecule has 6 heavy (non-hydrogen) atoms. The molecular formula is C2H2N3O. The lowest BCUT2D eigenvalue weighted by Crippen LogP contribution is -1.63. The fourth-order valence-corrected chi connectivity index (χ4v) is 0.188. The van der Waals surface area contributed by atoms with E-state index in [0.717, 1.165) is 6.20 Å². The molecule has 0 saturated heterocycles. The molecule has 1 aromatic heterocycles. The zero-order valence-electron chi connectivity index (χ0n) is 2.88. The van der Waals surface area contributed by atoms with Crippen LogP contribution in [0.3, 0.4) is 0 Å². The van der Waals surface area contributed by atoms with Crippen LogP contribution < -0.4 is 0 Å². The number of nitrogens with one attached hydrogen (secondary N) is 1. The van der Waals surface area contributed by atoms with Gasteiger partial charge in [0, 0.05) is 0 Å². The van der Waals surface area contributed by atoms with E-state index in [1.54, 1.807) is 0 Å². The summed E-state index contributed by atoms with van der Waals surface area (Å²) in [7, 11) is 0. The smallest absolute Gasteiger partial charge is 0.266 e. The van der Waals surface area contributed by atoms with Crippen LogP contribution in [-0.4, -0.2) is 15.4 Å². The van der Waals surface area contributed by atoms with Crippen LogP contribution in [0.4, 0.5) is 0 Å². The van der Waals surface area contributed by atoms with Gasteiger partial charge in [0.25, 0.3) is 5.88 Å². The van der Waals surface area contributed by atoms with Crippen LogP contribution >= 0.6 is 0 Å². The van der Waals surface area contributed by atoms with E-state index < -0.39 is 0 Å². The average Bonchev–Trinajstić information content (AvgIpc) is 1.86. The van der Waals surface area contributed by atoms with Crippen LogP contribution in [0.1, 0.15) is 0 Å². The van der Waals surface area contributed by atoms with Crippen molar-refractivity contribution >= 4 is 0 Å². The molecule has 0 fully saturated rings. The molecule has 0 saturated carbocycles. The second-order valence-electron chi connectivity index (χ2n) is 0.821. The van der Waals surface area contributed by atoms with E-state index in [2.05, 4.69) is 15.4 Å². The molecule has 0 bridgehead atoms. The highest BCUT2D eigenvalue weighted by atomic mass is 16.3. The summed E-state index contributed by atoms with van der Waals surface area (Å²) in [4.78, 5) is 0. The van der Waals surface area contributed by atoms with E-state index >= 15 is 0 Å². The van der Waals surface area contributed by atoms with E-state index in [1.165, 1.54) is 0 Å². The quantitative estimate of drug-likeness (QED) is 0.479. The molecule has 1 aromatic rings. The molecule has 0 aliphatic heterocycles. The first-order valence-corrected chi connectivity index (χ1v) is 1.42. The van der Waals surface area contributed by atoms with E-state index in [4.69, 9.17) is 0 Å². The molecule has 0 aliphatic carbocycles. The molecule has 1 radical (unpaired) electrons. The van der Waals surface area contributed by atoms with Crippen molar-refractivity contribution in [2.24, 2.45) is 0 Å². The van der Waals surface area contributed by atoms with Crippen molar-refractivity contribution in [3.05, 3.63) is 6.20 Å². The number of hydrogen-bond acceptors (Lipinski definition) is 2. The zero-order valence-corrected chi connectivity index (χ0v) is 2.88. The molecule has 0 amide bonds. The minimum Gasteiger partial charge on any atom is -0.266 e. The first kappa shape index (κ1) is 3.14. The van der Waals surface area contributed by atoms with Crippen LogP contribution in [0.5, 0.6) is 5.88 Å². The monoisotopic (exact) mass is 84.0 g/mol. The Labute approximate surface area is 33.8 Å². The Bertz CT molecular complexity index is 112. The Morgan fingerprint density at radius 2 is 2.67 bits per heavy atom. The van der Waals surface area contributed by atoms with Crippen molar-refractivity contribution in [3.63, 3.8) is 0 Å². The van der Waals surface area contributed by atoms with Crippen LogP contribution in [0, 0.1) is 0 Å². The fourth-order valence-electron chi connectivity index (χ4n) is 0.188. The van der Waals surface area contributed by atoms with Crippen molar-refractivity contribution in [1.29, 1.82) is 0 Å². The Morgan fingerprint density at radius 1 is 1.83 bits per heavy atom. The molecule has 0 spiro atoms. The van der Waals surface area contributed by atoms with Crippen molar-refractivity contribution < 1.29 is 5.11 Å². The third-order valence-electron chi connectivity index (χ3n) is 0.393. The maximum atomic E-state index is 9.89. The standard InChI is InChI=1S/C2H2N3O/c6-2-1-3-5-4-2/h1H,(H,3,4,5). The maximum absolute atomic E-state index is 9.89. The summed E-state index contributed by atoms with van der Waals surface area (Å²) in [5.41, 5.74) is 0. The largest absolute Gasteiger partial charge is 0.285 e. The number of nitrogens with zero attached hydrogens (tertiary/aromatic N) is 2. The normalized spacial score (nSPS) is 8.67. The first-order chi connectivity index (χ1) is 2.89. The van der Waals surface area contributed by atoms with Crippen molar-refractivity contribution in [2.75, 3.05) is 0 Å². The number of hydrogen-bond donors (Lipinski definition) is 1. The summed E-state index contributed by atoms with van der Waals surface area (Å²) >= 11 is 0. The number of H-pyrrole nitrogens is 1. The van der Waals surface area contributed by atoms with Gasteiger partial charge in [-0.1, -0.05) is 5.21 Å². The SMILES string of the molecule is [O]c1cnn[nH]1. The second-order valence-corrected chi connectivity index (χ2v) is 0.821. The lowest BCUT2D eigenvalue weighted by atomic mass is 10.9. The maximum Gasteiger partial charge on any atom is 0.285 e. The molecule has 0 aromatic carbocycles. The van der Waals surface area contributed by atoms with E-state index in [9.17, 15) is 5.11 Å². The molecule has 4 heteroatoms. The Morgan fingerprint density at radius 3 is 2.83 bits per heavy atom. The van der Waals surface area contributed by atoms with E-state index in [1.807, 2.05) is 0 Å². The summed E-state index contributed by atoms with van der Waals surface area (Å²) in [5.74, 6) is -0.255. The minimum atomic E-state index is -0.255. The van der Waals surface area contributed by atoms with Gasteiger partial charge in [-0.05, 0) is 0 Å².